The summed E-state index contributed by atoms with van der Waals surface area (Å²) in [5.41, 5.74) is -1.26. The quantitative estimate of drug-likeness (QED) is 0.380. The molecule has 0 bridgehead atoms. The molecule has 0 saturated carbocycles. The molecule has 19 heavy (non-hydrogen) atoms. The third-order valence-corrected chi connectivity index (χ3v) is 2.37. The molecule has 1 amide bonds. The molecule has 0 spiro atoms. The Morgan fingerprint density at radius 2 is 1.74 bits per heavy atom. The maximum atomic E-state index is 13.3. The minimum absolute atomic E-state index is 0.0500. The predicted molar refractivity (Wildman–Crippen MR) is 61.3 cm³/mol. The van der Waals surface area contributed by atoms with E-state index in [2.05, 4.69) is 11.2 Å². The van der Waals surface area contributed by atoms with Crippen molar-refractivity contribution >= 4 is 5.91 Å². The fourth-order valence-corrected chi connectivity index (χ4v) is 1.41. The first-order chi connectivity index (χ1) is 8.99. The fraction of sp³-hybridized carbons (Fsp3) is 0.308. The normalized spacial score (nSPS) is 10.1. The molecule has 1 aromatic rings. The van der Waals surface area contributed by atoms with Crippen molar-refractivity contribution in [2.24, 2.45) is 0 Å². The zero-order chi connectivity index (χ0) is 14.4. The largest absolute Gasteiger partial charge is 0.352 e. The van der Waals surface area contributed by atoms with Crippen LogP contribution in [0.1, 0.15) is 29.6 Å². The van der Waals surface area contributed by atoms with E-state index in [0.717, 1.165) is 0 Å². The summed E-state index contributed by atoms with van der Waals surface area (Å²) in [5.74, 6) is -5.46. The van der Waals surface area contributed by atoms with E-state index in [9.17, 15) is 22.4 Å². The summed E-state index contributed by atoms with van der Waals surface area (Å²) < 4.78 is 52.3. The minimum atomic E-state index is -1.71. The van der Waals surface area contributed by atoms with Gasteiger partial charge in [-0.1, -0.05) is 0 Å². The van der Waals surface area contributed by atoms with Gasteiger partial charge < -0.3 is 5.32 Å². The smallest absolute Gasteiger partial charge is 0.257 e. The Morgan fingerprint density at radius 3 is 2.26 bits per heavy atom. The number of hydrogen-bond acceptors (Lipinski definition) is 1. The maximum absolute atomic E-state index is 13.3. The summed E-state index contributed by atoms with van der Waals surface area (Å²) in [6.07, 6.45) is 6.64. The average Bonchev–Trinajstić information content (AvgIpc) is 2.36. The van der Waals surface area contributed by atoms with Crippen LogP contribution in [0, 0.1) is 35.6 Å². The summed E-state index contributed by atoms with van der Waals surface area (Å²) in [6, 6.07) is 0.0500. The molecule has 1 N–H and O–H groups in total. The van der Waals surface area contributed by atoms with E-state index in [0.29, 0.717) is 19.3 Å². The van der Waals surface area contributed by atoms with E-state index in [4.69, 9.17) is 6.42 Å². The molecule has 0 aliphatic rings. The number of terminal acetylenes is 1. The molecule has 6 heteroatoms. The highest BCUT2D eigenvalue weighted by Gasteiger charge is 2.24. The summed E-state index contributed by atoms with van der Waals surface area (Å²) in [5, 5.41) is 2.17. The van der Waals surface area contributed by atoms with E-state index in [1.807, 2.05) is 0 Å². The van der Waals surface area contributed by atoms with Gasteiger partial charge in [0, 0.05) is 19.0 Å². The van der Waals surface area contributed by atoms with Gasteiger partial charge in [-0.05, 0) is 12.8 Å². The number of hydrogen-bond donors (Lipinski definition) is 1. The van der Waals surface area contributed by atoms with Crippen LogP contribution in [0.5, 0.6) is 0 Å². The molecule has 102 valence electrons. The summed E-state index contributed by atoms with van der Waals surface area (Å²) in [6.45, 7) is 0.109. The molecule has 0 aliphatic heterocycles. The van der Waals surface area contributed by atoms with Gasteiger partial charge in [0.25, 0.3) is 5.91 Å². The number of nitrogens with one attached hydrogen (secondary N) is 1. The zero-order valence-electron chi connectivity index (χ0n) is 9.90. The second-order valence-electron chi connectivity index (χ2n) is 3.76. The lowest BCUT2D eigenvalue weighted by atomic mass is 10.1. The van der Waals surface area contributed by atoms with E-state index < -0.39 is 34.7 Å². The number of carbonyl (C=O) groups is 1. The number of rotatable bonds is 5. The van der Waals surface area contributed by atoms with Crippen molar-refractivity contribution < 1.29 is 22.4 Å². The van der Waals surface area contributed by atoms with Gasteiger partial charge in [-0.3, -0.25) is 4.79 Å². The Hall–Kier alpha value is -2.03. The molecule has 0 atom stereocenters. The van der Waals surface area contributed by atoms with Gasteiger partial charge in [0.2, 0.25) is 0 Å². The Bertz CT molecular complexity index is 496. The third-order valence-electron chi connectivity index (χ3n) is 2.37. The highest BCUT2D eigenvalue weighted by atomic mass is 19.2. The first-order valence-corrected chi connectivity index (χ1v) is 5.53. The molecule has 1 aromatic carbocycles. The topological polar surface area (TPSA) is 29.1 Å². The monoisotopic (exact) mass is 273 g/mol. The van der Waals surface area contributed by atoms with Crippen LogP contribution in [-0.2, 0) is 0 Å². The third kappa shape index (κ3) is 3.71. The summed E-state index contributed by atoms with van der Waals surface area (Å²) >= 11 is 0. The molecular weight excluding hydrogens is 262 g/mol. The molecular formula is C13H11F4NO. The van der Waals surface area contributed by atoms with Crippen LogP contribution in [-0.4, -0.2) is 12.5 Å². The number of amides is 1. The Balaban J connectivity index is 2.75. The molecule has 0 saturated heterocycles. The van der Waals surface area contributed by atoms with Crippen molar-refractivity contribution in [3.63, 3.8) is 0 Å². The molecule has 2 nitrogen and oxygen atoms in total. The van der Waals surface area contributed by atoms with Gasteiger partial charge in [0.15, 0.2) is 23.3 Å². The van der Waals surface area contributed by atoms with Gasteiger partial charge in [0.1, 0.15) is 5.56 Å². The molecule has 0 aliphatic carbocycles. The van der Waals surface area contributed by atoms with Gasteiger partial charge in [-0.2, -0.15) is 0 Å². The van der Waals surface area contributed by atoms with Gasteiger partial charge in [-0.25, -0.2) is 17.6 Å². The first kappa shape index (κ1) is 15.0. The van der Waals surface area contributed by atoms with E-state index in [1.54, 1.807) is 0 Å². The molecule has 0 fully saturated rings. The zero-order valence-corrected chi connectivity index (χ0v) is 9.90. The van der Waals surface area contributed by atoms with Crippen LogP contribution in [0.3, 0.4) is 0 Å². The predicted octanol–water partition coefficient (Wildman–Crippen LogP) is 2.78. The van der Waals surface area contributed by atoms with Crippen molar-refractivity contribution in [1.29, 1.82) is 0 Å². The Morgan fingerprint density at radius 1 is 1.16 bits per heavy atom. The van der Waals surface area contributed by atoms with Crippen LogP contribution in [0.2, 0.25) is 0 Å². The van der Waals surface area contributed by atoms with Crippen molar-refractivity contribution in [2.45, 2.75) is 19.3 Å². The van der Waals surface area contributed by atoms with Crippen LogP contribution in [0.4, 0.5) is 17.6 Å². The van der Waals surface area contributed by atoms with E-state index >= 15 is 0 Å². The number of halogens is 4. The summed E-state index contributed by atoms with van der Waals surface area (Å²) in [4.78, 5) is 11.5. The molecule has 0 heterocycles. The Kier molecular flexibility index (Phi) is 5.37. The van der Waals surface area contributed by atoms with Crippen molar-refractivity contribution in [1.82, 2.24) is 5.32 Å². The number of benzene rings is 1. The van der Waals surface area contributed by atoms with Crippen molar-refractivity contribution in [3.8, 4) is 12.3 Å². The number of unbranched alkanes of at least 4 members (excludes halogenated alkanes) is 2. The minimum Gasteiger partial charge on any atom is -0.352 e. The lowest BCUT2D eigenvalue weighted by molar-refractivity contribution is 0.0942. The SMILES string of the molecule is C#CCCCCNC(=O)c1c(F)c(F)cc(F)c1F. The summed E-state index contributed by atoms with van der Waals surface area (Å²) in [7, 11) is 0. The standard InChI is InChI=1S/C13H11F4NO/c1-2-3-4-5-6-18-13(19)10-11(16)8(14)7-9(15)12(10)17/h1,7H,3-6H2,(H,18,19). The maximum Gasteiger partial charge on any atom is 0.257 e. The van der Waals surface area contributed by atoms with Crippen LogP contribution >= 0.6 is 0 Å². The van der Waals surface area contributed by atoms with Crippen molar-refractivity contribution in [2.75, 3.05) is 6.54 Å². The fourth-order valence-electron chi connectivity index (χ4n) is 1.41. The van der Waals surface area contributed by atoms with Crippen LogP contribution < -0.4 is 5.32 Å². The van der Waals surface area contributed by atoms with E-state index in [1.165, 1.54) is 0 Å². The highest BCUT2D eigenvalue weighted by Crippen LogP contribution is 2.19. The molecule has 1 rings (SSSR count). The second kappa shape index (κ2) is 6.78. The second-order valence-corrected chi connectivity index (χ2v) is 3.76. The number of carbonyl (C=O) groups excluding carboxylic acids is 1. The van der Waals surface area contributed by atoms with Crippen LogP contribution in [0.15, 0.2) is 6.07 Å². The van der Waals surface area contributed by atoms with Gasteiger partial charge in [0.05, 0.1) is 0 Å². The molecule has 0 unspecified atom stereocenters. The Labute approximate surface area is 107 Å². The van der Waals surface area contributed by atoms with Gasteiger partial charge in [-0.15, -0.1) is 12.3 Å². The average molecular weight is 273 g/mol. The highest BCUT2D eigenvalue weighted by molar-refractivity contribution is 5.94. The van der Waals surface area contributed by atoms with Crippen LogP contribution in [0.25, 0.3) is 0 Å². The lowest BCUT2D eigenvalue weighted by Crippen LogP contribution is -2.27. The van der Waals surface area contributed by atoms with E-state index in [-0.39, 0.29) is 12.6 Å². The van der Waals surface area contributed by atoms with Crippen molar-refractivity contribution in [3.05, 3.63) is 34.9 Å². The lowest BCUT2D eigenvalue weighted by Gasteiger charge is -2.07. The molecule has 0 radical (unpaired) electrons. The molecule has 0 aromatic heterocycles. The first-order valence-electron chi connectivity index (χ1n) is 5.53. The van der Waals surface area contributed by atoms with Gasteiger partial charge >= 0.3 is 0 Å².